The van der Waals surface area contributed by atoms with Crippen LogP contribution in [0, 0.1) is 0 Å². The minimum absolute atomic E-state index is 0.159. The van der Waals surface area contributed by atoms with Crippen molar-refractivity contribution in [3.05, 3.63) is 25.3 Å². The Morgan fingerprint density at radius 1 is 0.700 bits per heavy atom. The summed E-state index contributed by atoms with van der Waals surface area (Å²) in [4.78, 5) is 26.1. The van der Waals surface area contributed by atoms with Gasteiger partial charge in [0, 0.05) is 25.9 Å². The van der Waals surface area contributed by atoms with Crippen LogP contribution in [0.1, 0.15) is 38.1 Å². The van der Waals surface area contributed by atoms with Gasteiger partial charge in [0.1, 0.15) is 24.9 Å². The van der Waals surface area contributed by atoms with Gasteiger partial charge in [-0.15, -0.1) is 0 Å². The highest BCUT2D eigenvalue weighted by molar-refractivity contribution is 5.83. The van der Waals surface area contributed by atoms with E-state index in [1.807, 2.05) is 0 Å². The summed E-state index contributed by atoms with van der Waals surface area (Å²) in [6.45, 7) is 0.972. The molecule has 0 aliphatic carbocycles. The Hall–Kier alpha value is -3.54. The number of unbranched alkanes of at least 4 members (excludes halogenated alkanes) is 1. The van der Waals surface area contributed by atoms with E-state index in [1.165, 1.54) is 12.7 Å². The third kappa shape index (κ3) is 5.04. The Kier molecular flexibility index (Phi) is 7.68. The highest BCUT2D eigenvalue weighted by Crippen LogP contribution is 2.33. The van der Waals surface area contributed by atoms with Gasteiger partial charge < -0.3 is 40.5 Å². The summed E-state index contributed by atoms with van der Waals surface area (Å²) in [6.07, 6.45) is 4.65. The Labute approximate surface area is 228 Å². The molecule has 2 fully saturated rings. The van der Waals surface area contributed by atoms with Crippen molar-refractivity contribution in [2.75, 3.05) is 36.9 Å². The normalized spacial score (nSPS) is 26.7. The Bertz CT molecular complexity index is 1340. The number of rotatable bonds is 11. The average Bonchev–Trinajstić information content (AvgIpc) is 3.75. The highest BCUT2D eigenvalue weighted by Gasteiger charge is 2.37. The Morgan fingerprint density at radius 2 is 1.15 bits per heavy atom. The molecule has 6 heterocycles. The SMILES string of the molecule is OCC1C[C@@H](O)C(n2cnc3c(NCCCCNc4ncnc5c4ncn5[C@@H]4O[C@H](CO)C[C@H]4O)ncnc32)O1. The second-order valence-corrected chi connectivity index (χ2v) is 9.92. The van der Waals surface area contributed by atoms with E-state index in [1.54, 1.807) is 21.8 Å². The van der Waals surface area contributed by atoms with Crippen LogP contribution < -0.4 is 10.6 Å². The first kappa shape index (κ1) is 26.7. The second kappa shape index (κ2) is 11.5. The van der Waals surface area contributed by atoms with Crippen molar-refractivity contribution < 1.29 is 29.9 Å². The van der Waals surface area contributed by atoms with Crippen molar-refractivity contribution >= 4 is 34.0 Å². The minimum Gasteiger partial charge on any atom is -0.394 e. The molecule has 0 saturated carbocycles. The fourth-order valence-corrected chi connectivity index (χ4v) is 5.19. The molecule has 16 nitrogen and oxygen atoms in total. The van der Waals surface area contributed by atoms with Crippen LogP contribution in [0.5, 0.6) is 0 Å². The van der Waals surface area contributed by atoms with Crippen LogP contribution in [0.15, 0.2) is 25.3 Å². The summed E-state index contributed by atoms with van der Waals surface area (Å²) >= 11 is 0. The second-order valence-electron chi connectivity index (χ2n) is 9.92. The lowest BCUT2D eigenvalue weighted by Gasteiger charge is -2.16. The van der Waals surface area contributed by atoms with E-state index in [0.29, 0.717) is 59.9 Å². The molecule has 0 aromatic carbocycles. The van der Waals surface area contributed by atoms with E-state index in [2.05, 4.69) is 40.5 Å². The number of nitrogens with one attached hydrogen (secondary N) is 2. The number of imidazole rings is 2. The molecule has 16 heteroatoms. The zero-order valence-electron chi connectivity index (χ0n) is 21.6. The predicted octanol–water partition coefficient (Wildman–Crippen LogP) is -0.448. The number of aliphatic hydroxyl groups is 4. The maximum Gasteiger partial charge on any atom is 0.167 e. The summed E-state index contributed by atoms with van der Waals surface area (Å²) in [7, 11) is 0. The molecule has 214 valence electrons. The molecule has 2 saturated heterocycles. The van der Waals surface area contributed by atoms with Gasteiger partial charge in [0.05, 0.1) is 38.1 Å². The van der Waals surface area contributed by atoms with Crippen LogP contribution in [-0.2, 0) is 9.47 Å². The molecule has 40 heavy (non-hydrogen) atoms. The number of nitrogens with zero attached hydrogens (tertiary/aromatic N) is 8. The number of ether oxygens (including phenoxy) is 2. The summed E-state index contributed by atoms with van der Waals surface area (Å²) in [6, 6.07) is 0. The molecule has 6 atom stereocenters. The number of hydrogen-bond acceptors (Lipinski definition) is 14. The molecule has 0 bridgehead atoms. The Balaban J connectivity index is 1.02. The molecule has 4 aromatic rings. The van der Waals surface area contributed by atoms with Gasteiger partial charge in [-0.25, -0.2) is 29.9 Å². The number of aromatic nitrogens is 8. The van der Waals surface area contributed by atoms with E-state index >= 15 is 0 Å². The topological polar surface area (TPSA) is 211 Å². The summed E-state index contributed by atoms with van der Waals surface area (Å²) in [5.74, 6) is 1.18. The lowest BCUT2D eigenvalue weighted by molar-refractivity contribution is -0.0486. The molecular formula is C24H32N10O6. The van der Waals surface area contributed by atoms with Crippen LogP contribution in [0.4, 0.5) is 11.6 Å². The smallest absolute Gasteiger partial charge is 0.167 e. The van der Waals surface area contributed by atoms with Gasteiger partial charge in [-0.2, -0.15) is 0 Å². The van der Waals surface area contributed by atoms with E-state index in [4.69, 9.17) is 9.47 Å². The first-order valence-electron chi connectivity index (χ1n) is 13.3. The molecule has 0 spiro atoms. The average molecular weight is 557 g/mol. The molecule has 0 amide bonds. The van der Waals surface area contributed by atoms with Crippen molar-refractivity contribution in [2.24, 2.45) is 0 Å². The first-order valence-corrected chi connectivity index (χ1v) is 13.3. The standard InChI is InChI=1S/C24H32N10O6/c35-7-13-5-15(37)23(39-13)33-11-31-17-19(27-9-29-21(17)33)25-3-1-2-4-26-20-18-22(30-10-28-20)34(12-32-18)24-16(38)6-14(8-36)40-24/h9-16,23-24,35-38H,1-8H2,(H,25,27,29)(H,26,28,30)/t13-,14?,15+,16+,23+,24?/m0/s1. The quantitative estimate of drug-likeness (QED) is 0.129. The fraction of sp³-hybridized carbons (Fsp3) is 0.583. The van der Waals surface area contributed by atoms with Crippen molar-refractivity contribution in [3.63, 3.8) is 0 Å². The molecular weight excluding hydrogens is 524 g/mol. The number of anilines is 2. The van der Waals surface area contributed by atoms with Gasteiger partial charge in [-0.1, -0.05) is 0 Å². The molecule has 2 aliphatic heterocycles. The molecule has 4 aromatic heterocycles. The van der Waals surface area contributed by atoms with Gasteiger partial charge in [0.15, 0.2) is 46.4 Å². The fourth-order valence-electron chi connectivity index (χ4n) is 5.19. The predicted molar refractivity (Wildman–Crippen MR) is 140 cm³/mol. The maximum atomic E-state index is 10.3. The number of fused-ring (bicyclic) bond motifs is 2. The summed E-state index contributed by atoms with van der Waals surface area (Å²) < 4.78 is 14.8. The van der Waals surface area contributed by atoms with Crippen LogP contribution in [-0.4, -0.2) is 110 Å². The monoisotopic (exact) mass is 556 g/mol. The van der Waals surface area contributed by atoms with Crippen LogP contribution in [0.2, 0.25) is 0 Å². The zero-order valence-corrected chi connectivity index (χ0v) is 21.6. The molecule has 2 unspecified atom stereocenters. The summed E-state index contributed by atoms with van der Waals surface area (Å²) in [5.41, 5.74) is 2.22. The van der Waals surface area contributed by atoms with Gasteiger partial charge in [-0.05, 0) is 12.8 Å². The molecule has 6 N–H and O–H groups in total. The molecule has 6 rings (SSSR count). The molecule has 0 radical (unpaired) electrons. The first-order chi connectivity index (χ1) is 19.6. The highest BCUT2D eigenvalue weighted by atomic mass is 16.5. The van der Waals surface area contributed by atoms with E-state index < -0.39 is 36.9 Å². The summed E-state index contributed by atoms with van der Waals surface area (Å²) in [5, 5.41) is 46.0. The van der Waals surface area contributed by atoms with Crippen LogP contribution in [0.25, 0.3) is 22.3 Å². The lowest BCUT2D eigenvalue weighted by atomic mass is 10.2. The third-order valence-corrected chi connectivity index (χ3v) is 7.19. The van der Waals surface area contributed by atoms with E-state index in [-0.39, 0.29) is 13.2 Å². The van der Waals surface area contributed by atoms with Gasteiger partial charge in [-0.3, -0.25) is 9.13 Å². The van der Waals surface area contributed by atoms with Crippen molar-refractivity contribution in [3.8, 4) is 0 Å². The molecule has 2 aliphatic rings. The van der Waals surface area contributed by atoms with E-state index in [0.717, 1.165) is 12.8 Å². The number of aliphatic hydroxyl groups excluding tert-OH is 4. The van der Waals surface area contributed by atoms with Crippen molar-refractivity contribution in [2.45, 2.75) is 62.6 Å². The lowest BCUT2D eigenvalue weighted by Crippen LogP contribution is -2.19. The van der Waals surface area contributed by atoms with Crippen LogP contribution >= 0.6 is 0 Å². The largest absolute Gasteiger partial charge is 0.394 e. The maximum absolute atomic E-state index is 10.3. The van der Waals surface area contributed by atoms with Crippen molar-refractivity contribution in [1.82, 2.24) is 39.0 Å². The minimum atomic E-state index is -0.764. The van der Waals surface area contributed by atoms with Crippen LogP contribution in [0.3, 0.4) is 0 Å². The van der Waals surface area contributed by atoms with Gasteiger partial charge in [0.25, 0.3) is 0 Å². The number of hydrogen-bond donors (Lipinski definition) is 6. The zero-order chi connectivity index (χ0) is 27.6. The van der Waals surface area contributed by atoms with E-state index in [9.17, 15) is 20.4 Å². The van der Waals surface area contributed by atoms with Gasteiger partial charge >= 0.3 is 0 Å². The van der Waals surface area contributed by atoms with Gasteiger partial charge in [0.2, 0.25) is 0 Å². The third-order valence-electron chi connectivity index (χ3n) is 7.19. The Morgan fingerprint density at radius 3 is 1.55 bits per heavy atom. The van der Waals surface area contributed by atoms with Crippen molar-refractivity contribution in [1.29, 1.82) is 0 Å².